The minimum absolute atomic E-state index is 0.303. The lowest BCUT2D eigenvalue weighted by atomic mass is 10.2. The van der Waals surface area contributed by atoms with E-state index in [0.29, 0.717) is 18.8 Å². The summed E-state index contributed by atoms with van der Waals surface area (Å²) in [4.78, 5) is 0. The van der Waals surface area contributed by atoms with Crippen molar-refractivity contribution in [2.24, 2.45) is 0 Å². The van der Waals surface area contributed by atoms with E-state index >= 15 is 0 Å². The van der Waals surface area contributed by atoms with Gasteiger partial charge in [0.25, 0.3) is 0 Å². The molecule has 2 rings (SSSR count). The molecule has 1 fully saturated rings. The summed E-state index contributed by atoms with van der Waals surface area (Å²) in [6.07, 6.45) is 0.757. The normalized spacial score (nSPS) is 20.6. The van der Waals surface area contributed by atoms with Crippen LogP contribution in [-0.4, -0.2) is 25.0 Å². The molecule has 0 bridgehead atoms. The van der Waals surface area contributed by atoms with Crippen molar-refractivity contribution < 1.29 is 8.42 Å². The van der Waals surface area contributed by atoms with Crippen molar-refractivity contribution in [3.8, 4) is 0 Å². The van der Waals surface area contributed by atoms with Crippen molar-refractivity contribution in [2.45, 2.75) is 13.0 Å². The lowest BCUT2D eigenvalue weighted by Crippen LogP contribution is -2.25. The smallest absolute Gasteiger partial charge is 0.212 e. The Morgan fingerprint density at radius 1 is 1.27 bits per heavy atom. The number of rotatable bonds is 2. The summed E-state index contributed by atoms with van der Waals surface area (Å²) in [6.45, 7) is 1.17. The monoisotopic (exact) mass is 337 g/mol. The average molecular weight is 337 g/mol. The first kappa shape index (κ1) is 11.3. The summed E-state index contributed by atoms with van der Waals surface area (Å²) in [7, 11) is -2.96. The number of hydrogen-bond acceptors (Lipinski definition) is 2. The van der Waals surface area contributed by atoms with Gasteiger partial charge in [-0.25, -0.2) is 8.42 Å². The molecule has 0 saturated carbocycles. The maximum Gasteiger partial charge on any atom is 0.214 e. The molecule has 1 aliphatic heterocycles. The quantitative estimate of drug-likeness (QED) is 0.772. The standard InChI is InChI=1S/C10H12INO2S/c11-10-4-2-9(3-5-10)8-12-6-1-7-15(12,13)14/h2-5H,1,6-8H2. The van der Waals surface area contributed by atoms with Gasteiger partial charge in [-0.3, -0.25) is 0 Å². The highest BCUT2D eigenvalue weighted by molar-refractivity contribution is 14.1. The molecule has 1 aromatic rings. The SMILES string of the molecule is O=S1(=O)CCCN1Cc1ccc(I)cc1. The van der Waals surface area contributed by atoms with Gasteiger partial charge in [0.05, 0.1) is 5.75 Å². The highest BCUT2D eigenvalue weighted by Crippen LogP contribution is 2.17. The largest absolute Gasteiger partial charge is 0.214 e. The average Bonchev–Trinajstić information content (AvgIpc) is 2.50. The first-order valence-electron chi connectivity index (χ1n) is 4.80. The molecule has 0 radical (unpaired) electrons. The van der Waals surface area contributed by atoms with Gasteiger partial charge in [-0.05, 0) is 46.7 Å². The van der Waals surface area contributed by atoms with Gasteiger partial charge in [0.2, 0.25) is 10.0 Å². The highest BCUT2D eigenvalue weighted by Gasteiger charge is 2.27. The van der Waals surface area contributed by atoms with Crippen LogP contribution in [0, 0.1) is 3.57 Å². The zero-order chi connectivity index (χ0) is 10.9. The van der Waals surface area contributed by atoms with Gasteiger partial charge >= 0.3 is 0 Å². The van der Waals surface area contributed by atoms with E-state index in [1.165, 1.54) is 3.57 Å². The molecule has 1 saturated heterocycles. The van der Waals surface area contributed by atoms with Crippen LogP contribution in [-0.2, 0) is 16.6 Å². The molecule has 0 spiro atoms. The van der Waals surface area contributed by atoms with Gasteiger partial charge in [0, 0.05) is 16.7 Å². The van der Waals surface area contributed by atoms with Crippen LogP contribution in [0.4, 0.5) is 0 Å². The molecular formula is C10H12INO2S. The van der Waals surface area contributed by atoms with Crippen LogP contribution in [0.2, 0.25) is 0 Å². The Morgan fingerprint density at radius 3 is 2.47 bits per heavy atom. The van der Waals surface area contributed by atoms with Crippen LogP contribution in [0.15, 0.2) is 24.3 Å². The van der Waals surface area contributed by atoms with E-state index in [2.05, 4.69) is 22.6 Å². The Morgan fingerprint density at radius 2 is 1.93 bits per heavy atom. The molecular weight excluding hydrogens is 325 g/mol. The zero-order valence-corrected chi connectivity index (χ0v) is 11.2. The second-order valence-electron chi connectivity index (χ2n) is 3.63. The third kappa shape index (κ3) is 2.70. The maximum absolute atomic E-state index is 11.6. The van der Waals surface area contributed by atoms with Crippen molar-refractivity contribution in [1.82, 2.24) is 4.31 Å². The predicted molar refractivity (Wildman–Crippen MR) is 68.0 cm³/mol. The first-order valence-corrected chi connectivity index (χ1v) is 7.49. The van der Waals surface area contributed by atoms with E-state index in [4.69, 9.17) is 0 Å². The number of nitrogens with zero attached hydrogens (tertiary/aromatic N) is 1. The van der Waals surface area contributed by atoms with Crippen molar-refractivity contribution in [2.75, 3.05) is 12.3 Å². The molecule has 5 heteroatoms. The minimum Gasteiger partial charge on any atom is -0.212 e. The van der Waals surface area contributed by atoms with Crippen LogP contribution in [0.5, 0.6) is 0 Å². The fraction of sp³-hybridized carbons (Fsp3) is 0.400. The van der Waals surface area contributed by atoms with E-state index in [9.17, 15) is 8.42 Å². The van der Waals surface area contributed by atoms with E-state index < -0.39 is 10.0 Å². The minimum atomic E-state index is -2.96. The van der Waals surface area contributed by atoms with Crippen molar-refractivity contribution in [3.63, 3.8) is 0 Å². The van der Waals surface area contributed by atoms with Crippen LogP contribution in [0.25, 0.3) is 0 Å². The molecule has 0 aliphatic carbocycles. The molecule has 15 heavy (non-hydrogen) atoms. The summed E-state index contributed by atoms with van der Waals surface area (Å²) in [5, 5.41) is 0. The van der Waals surface area contributed by atoms with Gasteiger partial charge in [-0.2, -0.15) is 4.31 Å². The Hall–Kier alpha value is -0.140. The molecule has 1 heterocycles. The summed E-state index contributed by atoms with van der Waals surface area (Å²) < 4.78 is 25.8. The summed E-state index contributed by atoms with van der Waals surface area (Å²) in [5.74, 6) is 0.303. The van der Waals surface area contributed by atoms with E-state index in [-0.39, 0.29) is 0 Å². The zero-order valence-electron chi connectivity index (χ0n) is 8.19. The first-order chi connectivity index (χ1) is 7.08. The molecule has 82 valence electrons. The summed E-state index contributed by atoms with van der Waals surface area (Å²) in [6, 6.07) is 7.96. The molecule has 1 aliphatic rings. The fourth-order valence-electron chi connectivity index (χ4n) is 1.66. The van der Waals surface area contributed by atoms with Crippen molar-refractivity contribution in [3.05, 3.63) is 33.4 Å². The predicted octanol–water partition coefficient (Wildman–Crippen LogP) is 1.83. The molecule has 0 amide bonds. The molecule has 0 N–H and O–H groups in total. The third-order valence-corrected chi connectivity index (χ3v) is 5.10. The third-order valence-electron chi connectivity index (χ3n) is 2.48. The second kappa shape index (κ2) is 4.39. The van der Waals surface area contributed by atoms with E-state index in [1.807, 2.05) is 24.3 Å². The van der Waals surface area contributed by atoms with Crippen LogP contribution in [0.3, 0.4) is 0 Å². The lowest BCUT2D eigenvalue weighted by molar-refractivity contribution is 0.440. The van der Waals surface area contributed by atoms with Crippen molar-refractivity contribution in [1.29, 1.82) is 0 Å². The highest BCUT2D eigenvalue weighted by atomic mass is 127. The molecule has 0 unspecified atom stereocenters. The summed E-state index contributed by atoms with van der Waals surface area (Å²) >= 11 is 2.24. The maximum atomic E-state index is 11.6. The van der Waals surface area contributed by atoms with Crippen LogP contribution >= 0.6 is 22.6 Å². The number of benzene rings is 1. The van der Waals surface area contributed by atoms with Crippen molar-refractivity contribution >= 4 is 32.6 Å². The molecule has 0 atom stereocenters. The van der Waals surface area contributed by atoms with Gasteiger partial charge in [0.15, 0.2) is 0 Å². The van der Waals surface area contributed by atoms with Gasteiger partial charge < -0.3 is 0 Å². The van der Waals surface area contributed by atoms with Gasteiger partial charge in [-0.15, -0.1) is 0 Å². The lowest BCUT2D eigenvalue weighted by Gasteiger charge is -2.13. The Bertz CT molecular complexity index is 441. The molecule has 3 nitrogen and oxygen atoms in total. The Kier molecular flexibility index (Phi) is 3.32. The Labute approximate surface area is 104 Å². The van der Waals surface area contributed by atoms with E-state index in [0.717, 1.165) is 12.0 Å². The van der Waals surface area contributed by atoms with Gasteiger partial charge in [0.1, 0.15) is 0 Å². The number of hydrogen-bond donors (Lipinski definition) is 0. The van der Waals surface area contributed by atoms with Crippen LogP contribution in [0.1, 0.15) is 12.0 Å². The molecule has 0 aromatic heterocycles. The van der Waals surface area contributed by atoms with Crippen LogP contribution < -0.4 is 0 Å². The number of sulfonamides is 1. The fourth-order valence-corrected chi connectivity index (χ4v) is 3.53. The summed E-state index contributed by atoms with van der Waals surface area (Å²) in [5.41, 5.74) is 1.06. The topological polar surface area (TPSA) is 37.4 Å². The van der Waals surface area contributed by atoms with E-state index in [1.54, 1.807) is 4.31 Å². The Balaban J connectivity index is 2.12. The van der Waals surface area contributed by atoms with Gasteiger partial charge in [-0.1, -0.05) is 12.1 Å². The second-order valence-corrected chi connectivity index (χ2v) is 6.96. The number of halogens is 1. The molecule has 1 aromatic carbocycles.